The number of aliphatic hydroxyl groups excluding tert-OH is 17. The average molecular weight is 1110 g/mol. The lowest BCUT2D eigenvalue weighted by atomic mass is 9.94. The standard InChI is InChI=1S/C42H71N3O31/c1-10(51)43-19-27(59)33(16(7-49)67-37(19)65)73-39-21(45-12(3)53)28(60)34(17(8-50)71-39)74-41-32(64)35(75-40-31(63)29(61)23(55)14(5-47)69-40)25(57)18(72-41)9-66-42-36(30(62)24(56)15(6-48)70-42)76-38-20(44-11(2)52)26(58)22(54)13(4-46)68-38/h13-42,46-50,54-65H,4-9H2,1-3H3,(H,43,51)(H,44,52)(H,45,53)/t13-,14-,15-,16-,17-,18-,19-,20-,21-,22-,23-,24-,25-,26-,27-,28-,29+,30+,31+,32+,33-,34-,35+,36+,37?,38?,39?,40?,41?,42?/m1/s1. The summed E-state index contributed by atoms with van der Waals surface area (Å²) in [5.74, 6) is -2.33. The zero-order valence-corrected chi connectivity index (χ0v) is 40.9. The Labute approximate surface area is 431 Å². The summed E-state index contributed by atoms with van der Waals surface area (Å²) in [7, 11) is 0. The minimum absolute atomic E-state index is 0.721. The monoisotopic (exact) mass is 1110 g/mol. The molecule has 20 N–H and O–H groups in total. The first-order chi connectivity index (χ1) is 35.9. The smallest absolute Gasteiger partial charge is 0.217 e. The number of amides is 3. The number of ether oxygens (including phenoxy) is 11. The first-order valence-corrected chi connectivity index (χ1v) is 24.1. The van der Waals surface area contributed by atoms with Gasteiger partial charge in [-0.1, -0.05) is 0 Å². The van der Waals surface area contributed by atoms with Gasteiger partial charge in [0, 0.05) is 20.8 Å². The van der Waals surface area contributed by atoms with Crippen molar-refractivity contribution in [2.24, 2.45) is 0 Å². The van der Waals surface area contributed by atoms with Gasteiger partial charge in [-0.05, 0) is 0 Å². The van der Waals surface area contributed by atoms with Crippen LogP contribution in [-0.2, 0) is 66.5 Å². The largest absolute Gasteiger partial charge is 0.394 e. The van der Waals surface area contributed by atoms with Gasteiger partial charge in [0.15, 0.2) is 37.7 Å². The van der Waals surface area contributed by atoms with E-state index in [1.165, 1.54) is 0 Å². The maximum Gasteiger partial charge on any atom is 0.217 e. The van der Waals surface area contributed by atoms with Crippen LogP contribution in [0.4, 0.5) is 0 Å². The molecule has 440 valence electrons. The molecule has 76 heavy (non-hydrogen) atoms. The Balaban J connectivity index is 1.30. The molecule has 34 nitrogen and oxygen atoms in total. The fourth-order valence-electron chi connectivity index (χ4n) is 9.60. The molecule has 6 aliphatic rings. The second-order valence-electron chi connectivity index (χ2n) is 19.0. The number of rotatable bonds is 19. The Morgan fingerprint density at radius 2 is 0.711 bits per heavy atom. The Kier molecular flexibility index (Phi) is 22.3. The Morgan fingerprint density at radius 3 is 1.24 bits per heavy atom. The van der Waals surface area contributed by atoms with E-state index in [4.69, 9.17) is 52.1 Å². The second-order valence-corrected chi connectivity index (χ2v) is 19.0. The Morgan fingerprint density at radius 1 is 0.342 bits per heavy atom. The van der Waals surface area contributed by atoms with Crippen LogP contribution in [0.1, 0.15) is 20.8 Å². The number of hydrogen-bond donors (Lipinski definition) is 20. The molecule has 0 aromatic heterocycles. The summed E-state index contributed by atoms with van der Waals surface area (Å²) < 4.78 is 63.6. The highest BCUT2D eigenvalue weighted by atomic mass is 16.8. The van der Waals surface area contributed by atoms with E-state index in [1.54, 1.807) is 0 Å². The summed E-state index contributed by atoms with van der Waals surface area (Å²) in [5.41, 5.74) is 0. The topological polar surface area (TPSA) is 533 Å². The Bertz CT molecular complexity index is 1870. The minimum Gasteiger partial charge on any atom is -0.394 e. The van der Waals surface area contributed by atoms with E-state index in [1.807, 2.05) is 0 Å². The van der Waals surface area contributed by atoms with Crippen LogP contribution in [-0.4, -0.2) is 328 Å². The van der Waals surface area contributed by atoms with Gasteiger partial charge in [0.05, 0.1) is 39.6 Å². The van der Waals surface area contributed by atoms with E-state index in [-0.39, 0.29) is 0 Å². The van der Waals surface area contributed by atoms with Crippen molar-refractivity contribution < 1.29 is 153 Å². The summed E-state index contributed by atoms with van der Waals surface area (Å²) in [6.45, 7) is -2.65. The van der Waals surface area contributed by atoms with Crippen LogP contribution < -0.4 is 16.0 Å². The number of nitrogens with one attached hydrogen (secondary N) is 3. The lowest BCUT2D eigenvalue weighted by molar-refractivity contribution is -0.387. The number of carbonyl (C=O) groups is 3. The predicted molar refractivity (Wildman–Crippen MR) is 234 cm³/mol. The third kappa shape index (κ3) is 13.7. The molecule has 34 heteroatoms. The number of carbonyl (C=O) groups excluding carboxylic acids is 3. The van der Waals surface area contributed by atoms with E-state index in [0.29, 0.717) is 0 Å². The molecule has 6 saturated heterocycles. The molecular formula is C42H71N3O31. The molecule has 0 aliphatic carbocycles. The molecule has 6 unspecified atom stereocenters. The van der Waals surface area contributed by atoms with Gasteiger partial charge in [-0.15, -0.1) is 0 Å². The third-order valence-corrected chi connectivity index (χ3v) is 13.6. The minimum atomic E-state index is -2.29. The van der Waals surface area contributed by atoms with E-state index in [9.17, 15) is 101 Å². The molecular weight excluding hydrogens is 1040 g/mol. The van der Waals surface area contributed by atoms with Crippen LogP contribution in [0.2, 0.25) is 0 Å². The van der Waals surface area contributed by atoms with E-state index < -0.39 is 241 Å². The van der Waals surface area contributed by atoms with Crippen molar-refractivity contribution in [1.29, 1.82) is 0 Å². The normalized spacial score (nSPS) is 48.2. The second kappa shape index (κ2) is 27.2. The molecule has 6 fully saturated rings. The zero-order chi connectivity index (χ0) is 56.2. The fraction of sp³-hybridized carbons (Fsp3) is 0.929. The predicted octanol–water partition coefficient (Wildman–Crippen LogP) is -13.7. The highest BCUT2D eigenvalue weighted by Crippen LogP contribution is 2.36. The first kappa shape index (κ1) is 62.5. The van der Waals surface area contributed by atoms with Gasteiger partial charge in [-0.25, -0.2) is 0 Å². The van der Waals surface area contributed by atoms with Crippen molar-refractivity contribution in [1.82, 2.24) is 16.0 Å². The first-order valence-electron chi connectivity index (χ1n) is 24.1. The molecule has 6 heterocycles. The molecule has 0 bridgehead atoms. The molecule has 0 spiro atoms. The van der Waals surface area contributed by atoms with Crippen molar-refractivity contribution in [3.63, 3.8) is 0 Å². The van der Waals surface area contributed by atoms with Crippen LogP contribution in [0.15, 0.2) is 0 Å². The van der Waals surface area contributed by atoms with Crippen molar-refractivity contribution in [3.8, 4) is 0 Å². The summed E-state index contributed by atoms with van der Waals surface area (Å²) in [5, 5.41) is 190. The molecule has 0 aromatic carbocycles. The molecule has 30 atom stereocenters. The number of aliphatic hydroxyl groups is 17. The maximum atomic E-state index is 12.6. The summed E-state index contributed by atoms with van der Waals surface area (Å²) in [4.78, 5) is 36.7. The van der Waals surface area contributed by atoms with Gasteiger partial charge in [0.25, 0.3) is 0 Å². The van der Waals surface area contributed by atoms with E-state index >= 15 is 0 Å². The lowest BCUT2D eigenvalue weighted by Gasteiger charge is -2.50. The summed E-state index contributed by atoms with van der Waals surface area (Å²) in [6.07, 6.45) is -51.6. The van der Waals surface area contributed by atoms with Crippen molar-refractivity contribution in [2.75, 3.05) is 39.6 Å². The molecule has 6 rings (SSSR count). The highest BCUT2D eigenvalue weighted by Gasteiger charge is 2.57. The Hall–Kier alpha value is -2.71. The molecule has 3 amide bonds. The van der Waals surface area contributed by atoms with Crippen LogP contribution >= 0.6 is 0 Å². The van der Waals surface area contributed by atoms with E-state index in [0.717, 1.165) is 20.8 Å². The zero-order valence-electron chi connectivity index (χ0n) is 40.9. The van der Waals surface area contributed by atoms with E-state index in [2.05, 4.69) is 16.0 Å². The van der Waals surface area contributed by atoms with Crippen LogP contribution in [0.5, 0.6) is 0 Å². The highest BCUT2D eigenvalue weighted by molar-refractivity contribution is 5.74. The molecule has 6 aliphatic heterocycles. The lowest BCUT2D eigenvalue weighted by Crippen LogP contribution is -2.70. The summed E-state index contributed by atoms with van der Waals surface area (Å²) in [6, 6.07) is -4.92. The van der Waals surface area contributed by atoms with Crippen LogP contribution in [0.3, 0.4) is 0 Å². The third-order valence-electron chi connectivity index (χ3n) is 13.6. The average Bonchev–Trinajstić information content (AvgIpc) is 3.38. The van der Waals surface area contributed by atoms with Gasteiger partial charge in [0.2, 0.25) is 17.7 Å². The van der Waals surface area contributed by atoms with Crippen LogP contribution in [0.25, 0.3) is 0 Å². The van der Waals surface area contributed by atoms with Gasteiger partial charge >= 0.3 is 0 Å². The molecule has 0 aromatic rings. The van der Waals surface area contributed by atoms with Gasteiger partial charge in [-0.3, -0.25) is 14.4 Å². The number of hydrogen-bond acceptors (Lipinski definition) is 31. The maximum absolute atomic E-state index is 12.6. The summed E-state index contributed by atoms with van der Waals surface area (Å²) >= 11 is 0. The van der Waals surface area contributed by atoms with Crippen molar-refractivity contribution in [3.05, 3.63) is 0 Å². The van der Waals surface area contributed by atoms with Gasteiger partial charge in [0.1, 0.15) is 146 Å². The molecule has 0 radical (unpaired) electrons. The van der Waals surface area contributed by atoms with Crippen molar-refractivity contribution >= 4 is 17.7 Å². The van der Waals surface area contributed by atoms with Crippen LogP contribution in [0, 0.1) is 0 Å². The van der Waals surface area contributed by atoms with Gasteiger partial charge < -0.3 is 155 Å². The quantitative estimate of drug-likeness (QED) is 0.0571. The van der Waals surface area contributed by atoms with Gasteiger partial charge in [-0.2, -0.15) is 0 Å². The fourth-order valence-corrected chi connectivity index (χ4v) is 9.60. The molecule has 0 saturated carbocycles. The SMILES string of the molecule is CC(=O)N[C@H]1C(O[C@@H]2C(OC[C@H]3OC(O[C@H]4[C@H](O)[C@@H](NC(C)=O)C(O[C@H]5[C@H](O)[C@@H](NC(C)=O)C(O)O[C@@H]5CO)O[C@@H]4CO)[C@@H](O)[C@@H](OC4O[C@H](CO)[C@@H](O)[C@H](O)[C@@H]4O)[C@@H]3O)O[C@H](CO)[C@@H](O)[C@@H]2O)O[C@H](CO)[C@@H](O)[C@@H]1O. The van der Waals surface area contributed by atoms with Crippen molar-refractivity contribution in [2.45, 2.75) is 205 Å².